The summed E-state index contributed by atoms with van der Waals surface area (Å²) in [6.45, 7) is 14.9. The number of nitrogens with one attached hydrogen (secondary N) is 4. The number of hydrogen-bond donors (Lipinski definition) is 4. The van der Waals surface area contributed by atoms with Crippen molar-refractivity contribution in [3.8, 4) is 5.00 Å². The van der Waals surface area contributed by atoms with Gasteiger partial charge in [0.05, 0.1) is 29.4 Å². The lowest BCUT2D eigenvalue weighted by atomic mass is 9.99. The molecule has 0 radical (unpaired) electrons. The monoisotopic (exact) mass is 792 g/mol. The standard InChI is InChI=1S/C41H45ClN10O3S/c1-21(2)52-34-17-29(16-30(32(34)20-46-52)39(54)45-19-31-22(3)15-23(4)47-40(31)55)43-13-8-14-44-35(53)18-33-38-50-49-26(7)51(38)41-36(24(5)25(6)56-41)37(48-33)27-9-11-28(42)12-10-27/h9-12,15-17,20-21,33,43H,8,13-14,18-19H2,1-7H3,(H,44,53)(H,45,54)(H,47,55)/t33-/m0/s1. The van der Waals surface area contributed by atoms with Crippen molar-refractivity contribution in [3.05, 3.63) is 120 Å². The van der Waals surface area contributed by atoms with Gasteiger partial charge in [-0.15, -0.1) is 21.5 Å². The van der Waals surface area contributed by atoms with Crippen LogP contribution in [0, 0.1) is 34.6 Å². The number of nitrogens with zero attached hydrogens (tertiary/aromatic N) is 6. The molecule has 1 aliphatic heterocycles. The summed E-state index contributed by atoms with van der Waals surface area (Å²) in [6.07, 6.45) is 2.42. The average molecular weight is 793 g/mol. The number of aromatic amines is 1. The number of benzene rings is 2. The molecule has 2 amide bonds. The second-order valence-corrected chi connectivity index (χ2v) is 16.1. The van der Waals surface area contributed by atoms with Crippen molar-refractivity contribution in [2.45, 2.75) is 79.9 Å². The van der Waals surface area contributed by atoms with Crippen molar-refractivity contribution in [1.29, 1.82) is 0 Å². The van der Waals surface area contributed by atoms with Gasteiger partial charge in [-0.3, -0.25) is 28.6 Å². The normalized spacial score (nSPS) is 13.7. The highest BCUT2D eigenvalue weighted by atomic mass is 35.5. The molecule has 0 fully saturated rings. The number of aryl methyl sites for hydroxylation is 4. The SMILES string of the molecule is Cc1cc(C)c(CNC(=O)c2cc(NCCCNC(=O)C[C@@H]3N=C(c4ccc(Cl)cc4)c4c(sc(C)c4C)-n4c(C)nnc43)cc3c2cnn3C(C)C)c(=O)[nH]1. The van der Waals surface area contributed by atoms with E-state index in [0.29, 0.717) is 41.5 Å². The molecule has 4 N–H and O–H groups in total. The number of rotatable bonds is 12. The molecular formula is C41H45ClN10O3S. The van der Waals surface area contributed by atoms with E-state index in [2.05, 4.69) is 50.1 Å². The molecular weight excluding hydrogens is 748 g/mol. The maximum absolute atomic E-state index is 13.6. The van der Waals surface area contributed by atoms with Crippen LogP contribution >= 0.6 is 22.9 Å². The van der Waals surface area contributed by atoms with Crippen molar-refractivity contribution < 1.29 is 9.59 Å². The Balaban J connectivity index is 1.04. The molecule has 2 aromatic carbocycles. The van der Waals surface area contributed by atoms with Gasteiger partial charge in [0, 0.05) is 69.0 Å². The highest BCUT2D eigenvalue weighted by Crippen LogP contribution is 2.39. The van der Waals surface area contributed by atoms with Gasteiger partial charge in [-0.25, -0.2) is 0 Å². The van der Waals surface area contributed by atoms with Crippen molar-refractivity contribution >= 4 is 57.1 Å². The molecule has 0 spiro atoms. The van der Waals surface area contributed by atoms with E-state index in [1.54, 1.807) is 23.6 Å². The van der Waals surface area contributed by atoms with E-state index in [0.717, 1.165) is 61.1 Å². The highest BCUT2D eigenvalue weighted by molar-refractivity contribution is 7.15. The molecule has 0 aliphatic carbocycles. The molecule has 0 saturated heterocycles. The zero-order valence-corrected chi connectivity index (χ0v) is 34.1. The van der Waals surface area contributed by atoms with Gasteiger partial charge in [0.25, 0.3) is 11.5 Å². The van der Waals surface area contributed by atoms with E-state index in [9.17, 15) is 14.4 Å². The molecule has 290 valence electrons. The number of pyridine rings is 1. The first-order chi connectivity index (χ1) is 26.8. The zero-order valence-electron chi connectivity index (χ0n) is 32.5. The summed E-state index contributed by atoms with van der Waals surface area (Å²) in [4.78, 5) is 48.9. The molecule has 7 rings (SSSR count). The number of amides is 2. The van der Waals surface area contributed by atoms with Crippen molar-refractivity contribution in [2.75, 3.05) is 18.4 Å². The fourth-order valence-electron chi connectivity index (χ4n) is 7.14. The summed E-state index contributed by atoms with van der Waals surface area (Å²) in [5.41, 5.74) is 7.76. The fraction of sp³-hybridized carbons (Fsp3) is 0.341. The van der Waals surface area contributed by atoms with Crippen LogP contribution in [0.4, 0.5) is 5.69 Å². The number of carbonyl (C=O) groups excluding carboxylic acids is 2. The lowest BCUT2D eigenvalue weighted by Gasteiger charge is -2.14. The highest BCUT2D eigenvalue weighted by Gasteiger charge is 2.32. The van der Waals surface area contributed by atoms with Gasteiger partial charge in [0.1, 0.15) is 16.9 Å². The molecule has 5 heterocycles. The van der Waals surface area contributed by atoms with E-state index in [4.69, 9.17) is 16.6 Å². The number of anilines is 1. The van der Waals surface area contributed by atoms with Crippen LogP contribution in [-0.2, 0) is 11.3 Å². The minimum Gasteiger partial charge on any atom is -0.385 e. The number of halogens is 1. The average Bonchev–Trinajstić information content (AvgIpc) is 3.81. The molecule has 0 bridgehead atoms. The summed E-state index contributed by atoms with van der Waals surface area (Å²) in [6, 6.07) is 12.8. The van der Waals surface area contributed by atoms with Gasteiger partial charge in [-0.2, -0.15) is 5.10 Å². The summed E-state index contributed by atoms with van der Waals surface area (Å²) in [7, 11) is 0. The number of fused-ring (bicyclic) bond motifs is 4. The van der Waals surface area contributed by atoms with E-state index < -0.39 is 6.04 Å². The second kappa shape index (κ2) is 15.9. The van der Waals surface area contributed by atoms with E-state index >= 15 is 0 Å². The van der Waals surface area contributed by atoms with Gasteiger partial charge in [0.15, 0.2) is 5.82 Å². The van der Waals surface area contributed by atoms with Gasteiger partial charge in [0.2, 0.25) is 5.91 Å². The van der Waals surface area contributed by atoms with Crippen LogP contribution in [0.2, 0.25) is 5.02 Å². The Bertz CT molecular complexity index is 2560. The Kier molecular flexibility index (Phi) is 11.0. The molecule has 1 atom stereocenters. The first-order valence-corrected chi connectivity index (χ1v) is 19.9. The molecule has 0 unspecified atom stereocenters. The largest absolute Gasteiger partial charge is 0.385 e. The van der Waals surface area contributed by atoms with Crippen molar-refractivity contribution in [2.24, 2.45) is 4.99 Å². The molecule has 13 nitrogen and oxygen atoms in total. The topological polar surface area (TPSA) is 164 Å². The number of aromatic nitrogens is 6. The predicted octanol–water partition coefficient (Wildman–Crippen LogP) is 6.97. The third kappa shape index (κ3) is 7.63. The van der Waals surface area contributed by atoms with Crippen molar-refractivity contribution in [1.82, 2.24) is 40.2 Å². The van der Waals surface area contributed by atoms with Crippen LogP contribution in [-0.4, -0.2) is 60.1 Å². The van der Waals surface area contributed by atoms with Crippen LogP contribution in [0.5, 0.6) is 0 Å². The van der Waals surface area contributed by atoms with E-state index in [1.165, 1.54) is 4.88 Å². The second-order valence-electron chi connectivity index (χ2n) is 14.5. The fourth-order valence-corrected chi connectivity index (χ4v) is 8.48. The quantitative estimate of drug-likeness (QED) is 0.0973. The lowest BCUT2D eigenvalue weighted by Crippen LogP contribution is -2.28. The Morgan fingerprint density at radius 2 is 1.77 bits per heavy atom. The molecule has 56 heavy (non-hydrogen) atoms. The van der Waals surface area contributed by atoms with Gasteiger partial charge >= 0.3 is 0 Å². The predicted molar refractivity (Wildman–Crippen MR) is 222 cm³/mol. The summed E-state index contributed by atoms with van der Waals surface area (Å²) in [5, 5.41) is 25.2. The number of H-pyrrole nitrogens is 1. The number of hydrogen-bond acceptors (Lipinski definition) is 9. The van der Waals surface area contributed by atoms with Gasteiger partial charge in [-0.1, -0.05) is 23.7 Å². The minimum atomic E-state index is -0.560. The minimum absolute atomic E-state index is 0.0700. The zero-order chi connectivity index (χ0) is 39.8. The molecule has 1 aliphatic rings. The van der Waals surface area contributed by atoms with Crippen LogP contribution < -0.4 is 21.5 Å². The van der Waals surface area contributed by atoms with Gasteiger partial charge < -0.3 is 20.9 Å². The smallest absolute Gasteiger partial charge is 0.253 e. The Labute approximate surface area is 333 Å². The molecule has 0 saturated carbocycles. The van der Waals surface area contributed by atoms with E-state index in [-0.39, 0.29) is 36.4 Å². The lowest BCUT2D eigenvalue weighted by molar-refractivity contribution is -0.121. The Hall–Kier alpha value is -5.60. The first-order valence-electron chi connectivity index (χ1n) is 18.7. The maximum Gasteiger partial charge on any atom is 0.253 e. The number of carbonyl (C=O) groups is 2. The van der Waals surface area contributed by atoms with Crippen LogP contribution in [0.15, 0.2) is 58.4 Å². The molecule has 6 aromatic rings. The summed E-state index contributed by atoms with van der Waals surface area (Å²) >= 11 is 7.92. The molecule has 4 aromatic heterocycles. The third-order valence-corrected chi connectivity index (χ3v) is 11.6. The maximum atomic E-state index is 13.6. The number of thiophene rings is 1. The van der Waals surface area contributed by atoms with Crippen molar-refractivity contribution in [3.63, 3.8) is 0 Å². The first kappa shape index (κ1) is 38.7. The Morgan fingerprint density at radius 3 is 2.50 bits per heavy atom. The van der Waals surface area contributed by atoms with Crippen LogP contribution in [0.25, 0.3) is 15.9 Å². The summed E-state index contributed by atoms with van der Waals surface area (Å²) in [5.74, 6) is 0.907. The summed E-state index contributed by atoms with van der Waals surface area (Å²) < 4.78 is 3.92. The van der Waals surface area contributed by atoms with Crippen LogP contribution in [0.1, 0.15) is 99.2 Å². The molecule has 15 heteroatoms. The van der Waals surface area contributed by atoms with E-state index in [1.807, 2.05) is 80.3 Å². The third-order valence-electron chi connectivity index (χ3n) is 10.1. The Morgan fingerprint density at radius 1 is 1.00 bits per heavy atom. The number of aliphatic imine (C=N–C) groups is 1. The van der Waals surface area contributed by atoms with Gasteiger partial charge in [-0.05, 0) is 96.3 Å². The van der Waals surface area contributed by atoms with Crippen LogP contribution in [0.3, 0.4) is 0 Å².